The Morgan fingerprint density at radius 3 is 3.00 bits per heavy atom. The van der Waals surface area contributed by atoms with Crippen molar-refractivity contribution >= 4 is 10.9 Å². The molecular formula is C12H17N3. The van der Waals surface area contributed by atoms with Crippen LogP contribution in [-0.2, 0) is 0 Å². The molecule has 0 saturated carbocycles. The molecule has 0 aliphatic rings. The summed E-state index contributed by atoms with van der Waals surface area (Å²) in [5.74, 6) is 0. The SMILES string of the molecule is CCNCC(C)n1ncc2ccccc21. The van der Waals surface area contributed by atoms with Crippen molar-refractivity contribution in [1.29, 1.82) is 0 Å². The van der Waals surface area contributed by atoms with Gasteiger partial charge >= 0.3 is 0 Å². The van der Waals surface area contributed by atoms with Crippen molar-refractivity contribution < 1.29 is 0 Å². The van der Waals surface area contributed by atoms with Gasteiger partial charge in [-0.2, -0.15) is 5.10 Å². The summed E-state index contributed by atoms with van der Waals surface area (Å²) in [6, 6.07) is 8.71. The Kier molecular flexibility index (Phi) is 3.02. The van der Waals surface area contributed by atoms with E-state index in [-0.39, 0.29) is 0 Å². The van der Waals surface area contributed by atoms with Gasteiger partial charge in [-0.05, 0) is 19.5 Å². The molecule has 0 amide bonds. The van der Waals surface area contributed by atoms with Crippen LogP contribution >= 0.6 is 0 Å². The Morgan fingerprint density at radius 1 is 1.40 bits per heavy atom. The first-order valence-corrected chi connectivity index (χ1v) is 5.46. The van der Waals surface area contributed by atoms with E-state index in [0.29, 0.717) is 6.04 Å². The van der Waals surface area contributed by atoms with Crippen LogP contribution in [0.3, 0.4) is 0 Å². The van der Waals surface area contributed by atoms with E-state index in [1.165, 1.54) is 10.9 Å². The second-order valence-electron chi connectivity index (χ2n) is 3.80. The molecule has 0 fully saturated rings. The molecule has 0 aliphatic carbocycles. The fourth-order valence-electron chi connectivity index (χ4n) is 1.78. The Labute approximate surface area is 90.1 Å². The Bertz CT molecular complexity index is 433. The normalized spacial score (nSPS) is 13.2. The topological polar surface area (TPSA) is 29.9 Å². The highest BCUT2D eigenvalue weighted by Gasteiger charge is 2.07. The Hall–Kier alpha value is -1.35. The molecule has 3 heteroatoms. The summed E-state index contributed by atoms with van der Waals surface area (Å²) >= 11 is 0. The zero-order valence-electron chi connectivity index (χ0n) is 9.27. The number of likely N-dealkylation sites (N-methyl/N-ethyl adjacent to an activating group) is 1. The number of nitrogens with zero attached hydrogens (tertiary/aromatic N) is 2. The molecule has 0 bridgehead atoms. The number of hydrogen-bond donors (Lipinski definition) is 1. The van der Waals surface area contributed by atoms with Gasteiger partial charge in [-0.15, -0.1) is 0 Å². The maximum Gasteiger partial charge on any atom is 0.0686 e. The predicted molar refractivity (Wildman–Crippen MR) is 63.0 cm³/mol. The molecule has 2 aromatic rings. The lowest BCUT2D eigenvalue weighted by molar-refractivity contribution is 0.472. The maximum absolute atomic E-state index is 4.42. The molecule has 1 unspecified atom stereocenters. The largest absolute Gasteiger partial charge is 0.315 e. The highest BCUT2D eigenvalue weighted by Crippen LogP contribution is 2.16. The van der Waals surface area contributed by atoms with Crippen LogP contribution < -0.4 is 5.32 Å². The third-order valence-corrected chi connectivity index (χ3v) is 2.61. The number of para-hydroxylation sites is 1. The monoisotopic (exact) mass is 203 g/mol. The predicted octanol–water partition coefficient (Wildman–Crippen LogP) is 2.21. The van der Waals surface area contributed by atoms with Crippen molar-refractivity contribution in [3.8, 4) is 0 Å². The van der Waals surface area contributed by atoms with Crippen LogP contribution in [-0.4, -0.2) is 22.9 Å². The van der Waals surface area contributed by atoms with Gasteiger partial charge in [0.2, 0.25) is 0 Å². The molecule has 1 atom stereocenters. The smallest absolute Gasteiger partial charge is 0.0686 e. The van der Waals surface area contributed by atoms with E-state index >= 15 is 0 Å². The molecule has 15 heavy (non-hydrogen) atoms. The zero-order valence-corrected chi connectivity index (χ0v) is 9.27. The molecule has 1 aromatic heterocycles. The van der Waals surface area contributed by atoms with Gasteiger partial charge < -0.3 is 5.32 Å². The molecule has 1 N–H and O–H groups in total. The maximum atomic E-state index is 4.42. The van der Waals surface area contributed by atoms with Crippen molar-refractivity contribution in [2.24, 2.45) is 0 Å². The summed E-state index contributed by atoms with van der Waals surface area (Å²) in [4.78, 5) is 0. The highest BCUT2D eigenvalue weighted by molar-refractivity contribution is 5.78. The third kappa shape index (κ3) is 2.02. The van der Waals surface area contributed by atoms with Crippen LogP contribution in [0.5, 0.6) is 0 Å². The van der Waals surface area contributed by atoms with Crippen molar-refractivity contribution in [2.75, 3.05) is 13.1 Å². The van der Waals surface area contributed by atoms with E-state index in [2.05, 4.69) is 47.1 Å². The first kappa shape index (κ1) is 10.2. The minimum Gasteiger partial charge on any atom is -0.315 e. The molecular weight excluding hydrogens is 186 g/mol. The zero-order chi connectivity index (χ0) is 10.7. The van der Waals surface area contributed by atoms with Crippen LogP contribution in [0.15, 0.2) is 30.5 Å². The molecule has 1 heterocycles. The lowest BCUT2D eigenvalue weighted by Crippen LogP contribution is -2.23. The van der Waals surface area contributed by atoms with E-state index in [1.54, 1.807) is 0 Å². The van der Waals surface area contributed by atoms with Crippen molar-refractivity contribution in [3.05, 3.63) is 30.5 Å². The van der Waals surface area contributed by atoms with Gasteiger partial charge in [0.05, 0.1) is 17.8 Å². The second-order valence-corrected chi connectivity index (χ2v) is 3.80. The summed E-state index contributed by atoms with van der Waals surface area (Å²) in [6.07, 6.45) is 1.93. The van der Waals surface area contributed by atoms with Crippen LogP contribution in [0, 0.1) is 0 Å². The van der Waals surface area contributed by atoms with Crippen LogP contribution in [0.25, 0.3) is 10.9 Å². The number of hydrogen-bond acceptors (Lipinski definition) is 2. The minimum absolute atomic E-state index is 0.393. The third-order valence-electron chi connectivity index (χ3n) is 2.61. The Balaban J connectivity index is 2.27. The number of rotatable bonds is 4. The van der Waals surface area contributed by atoms with Gasteiger partial charge in [0.15, 0.2) is 0 Å². The summed E-state index contributed by atoms with van der Waals surface area (Å²) in [6.45, 7) is 6.27. The molecule has 0 radical (unpaired) electrons. The molecule has 80 valence electrons. The van der Waals surface area contributed by atoms with Gasteiger partial charge in [0.25, 0.3) is 0 Å². The van der Waals surface area contributed by atoms with E-state index in [4.69, 9.17) is 0 Å². The standard InChI is InChI=1S/C12H17N3/c1-3-13-8-10(2)15-12-7-5-4-6-11(12)9-14-15/h4-7,9-10,13H,3,8H2,1-2H3. The summed E-state index contributed by atoms with van der Waals surface area (Å²) in [5, 5.41) is 8.97. The van der Waals surface area contributed by atoms with Crippen LogP contribution in [0.4, 0.5) is 0 Å². The fourth-order valence-corrected chi connectivity index (χ4v) is 1.78. The number of benzene rings is 1. The average Bonchev–Trinajstić information content (AvgIpc) is 2.69. The van der Waals surface area contributed by atoms with Crippen LogP contribution in [0.2, 0.25) is 0 Å². The van der Waals surface area contributed by atoms with Crippen LogP contribution in [0.1, 0.15) is 19.9 Å². The highest BCUT2D eigenvalue weighted by atomic mass is 15.3. The number of nitrogens with one attached hydrogen (secondary N) is 1. The second kappa shape index (κ2) is 4.45. The summed E-state index contributed by atoms with van der Waals surface area (Å²) < 4.78 is 2.08. The molecule has 3 nitrogen and oxygen atoms in total. The van der Waals surface area contributed by atoms with E-state index < -0.39 is 0 Å². The van der Waals surface area contributed by atoms with Crippen molar-refractivity contribution in [1.82, 2.24) is 15.1 Å². The number of fused-ring (bicyclic) bond motifs is 1. The Morgan fingerprint density at radius 2 is 2.20 bits per heavy atom. The molecule has 0 saturated heterocycles. The summed E-state index contributed by atoms with van der Waals surface area (Å²) in [7, 11) is 0. The van der Waals surface area contributed by atoms with E-state index in [0.717, 1.165) is 13.1 Å². The van der Waals surface area contributed by atoms with Gasteiger partial charge in [0.1, 0.15) is 0 Å². The minimum atomic E-state index is 0.393. The van der Waals surface area contributed by atoms with Gasteiger partial charge in [-0.3, -0.25) is 4.68 Å². The number of aromatic nitrogens is 2. The first-order valence-electron chi connectivity index (χ1n) is 5.46. The van der Waals surface area contributed by atoms with Crippen molar-refractivity contribution in [3.63, 3.8) is 0 Å². The van der Waals surface area contributed by atoms with Gasteiger partial charge in [0, 0.05) is 11.9 Å². The van der Waals surface area contributed by atoms with Gasteiger partial charge in [-0.1, -0.05) is 25.1 Å². The molecule has 0 spiro atoms. The van der Waals surface area contributed by atoms with E-state index in [1.807, 2.05) is 12.3 Å². The summed E-state index contributed by atoms with van der Waals surface area (Å²) in [5.41, 5.74) is 1.21. The van der Waals surface area contributed by atoms with Gasteiger partial charge in [-0.25, -0.2) is 0 Å². The molecule has 0 aliphatic heterocycles. The lowest BCUT2D eigenvalue weighted by Gasteiger charge is -2.13. The average molecular weight is 203 g/mol. The molecule has 2 rings (SSSR count). The fraction of sp³-hybridized carbons (Fsp3) is 0.417. The first-order chi connectivity index (χ1) is 7.33. The quantitative estimate of drug-likeness (QED) is 0.825. The van der Waals surface area contributed by atoms with E-state index in [9.17, 15) is 0 Å². The molecule has 1 aromatic carbocycles. The lowest BCUT2D eigenvalue weighted by atomic mass is 10.2. The van der Waals surface area contributed by atoms with Crippen molar-refractivity contribution in [2.45, 2.75) is 19.9 Å².